The molecule has 11 heteroatoms. The number of aliphatic hydroxyl groups is 1. The summed E-state index contributed by atoms with van der Waals surface area (Å²) in [6.07, 6.45) is 2.82. The molecule has 0 bridgehead atoms. The maximum absolute atomic E-state index is 14.0. The number of aliphatic imine (C=N–C) groups is 1. The van der Waals surface area contributed by atoms with Crippen molar-refractivity contribution in [3.8, 4) is 0 Å². The molecule has 2 aliphatic rings. The van der Waals surface area contributed by atoms with E-state index in [2.05, 4.69) is 21.3 Å². The summed E-state index contributed by atoms with van der Waals surface area (Å²) in [5.74, 6) is -2.07. The number of benzene rings is 3. The van der Waals surface area contributed by atoms with Crippen molar-refractivity contribution in [1.82, 2.24) is 16.0 Å². The molecule has 3 aromatic rings. The number of aliphatic hydroxyl groups excluding tert-OH is 1. The molecule has 0 spiro atoms. The number of benzodiazepines with no additional fused rings is 1. The first kappa shape index (κ1) is 39.2. The average Bonchev–Trinajstić information content (AvgIpc) is 3.27. The molecule has 11 nitrogen and oxygen atoms in total. The van der Waals surface area contributed by atoms with E-state index in [1.165, 1.54) is 0 Å². The molecule has 1 heterocycles. The van der Waals surface area contributed by atoms with Crippen molar-refractivity contribution in [2.45, 2.75) is 109 Å². The van der Waals surface area contributed by atoms with Crippen LogP contribution in [0.1, 0.15) is 82.9 Å². The fourth-order valence-electron chi connectivity index (χ4n) is 6.99. The van der Waals surface area contributed by atoms with Crippen molar-refractivity contribution in [2.75, 3.05) is 5.32 Å². The van der Waals surface area contributed by atoms with Gasteiger partial charge >= 0.3 is 6.09 Å². The fraction of sp³-hybridized carbons (Fsp3) is 0.452. The molecule has 1 aliphatic heterocycles. The maximum atomic E-state index is 14.0. The molecular weight excluding hydrogens is 670 g/mol. The second-order valence-corrected chi connectivity index (χ2v) is 15.2. The topological polar surface area (TPSA) is 158 Å². The van der Waals surface area contributed by atoms with Gasteiger partial charge in [0.05, 0.1) is 17.9 Å². The number of amides is 4. The van der Waals surface area contributed by atoms with Crippen molar-refractivity contribution in [2.24, 2.45) is 16.8 Å². The van der Waals surface area contributed by atoms with Crippen molar-refractivity contribution in [3.05, 3.63) is 102 Å². The van der Waals surface area contributed by atoms with Gasteiger partial charge < -0.3 is 31.1 Å². The average molecular weight is 724 g/mol. The van der Waals surface area contributed by atoms with Crippen LogP contribution in [-0.2, 0) is 32.0 Å². The van der Waals surface area contributed by atoms with Crippen LogP contribution in [-0.4, -0.2) is 64.6 Å². The van der Waals surface area contributed by atoms with Crippen LogP contribution in [0, 0.1) is 11.8 Å². The van der Waals surface area contributed by atoms with E-state index in [1.54, 1.807) is 27.7 Å². The zero-order chi connectivity index (χ0) is 38.0. The van der Waals surface area contributed by atoms with Gasteiger partial charge in [-0.05, 0) is 77.0 Å². The maximum Gasteiger partial charge on any atom is 0.407 e. The lowest BCUT2D eigenvalue weighted by molar-refractivity contribution is -0.132. The molecule has 0 aromatic heterocycles. The van der Waals surface area contributed by atoms with Crippen molar-refractivity contribution in [3.63, 3.8) is 0 Å². The molecular formula is C42H53N5O6. The Morgan fingerprint density at radius 1 is 0.849 bits per heavy atom. The standard InChI is InChI=1S/C42H53N5O6/c1-27(38(49)47-37-40(51)44-33-23-15-14-22-32(33)36(46-37)30-20-12-7-13-21-30)43-39(50)31(24-28-16-8-5-9-17-28)26-35(48)34(25-29-18-10-6-11-19-29)45-41(52)53-42(2,3)4/h5-6,8-11,14-19,22-23,27,30-31,34-35,37,48H,7,12-13,20-21,24-26H2,1-4H3,(H,43,50)(H,44,51)(H,45,52)(H,47,49)/t27-,31+,34-,35+,37-/m0/s1. The first-order chi connectivity index (χ1) is 25.4. The van der Waals surface area contributed by atoms with Gasteiger partial charge in [-0.2, -0.15) is 0 Å². The van der Waals surface area contributed by atoms with E-state index in [4.69, 9.17) is 9.73 Å². The molecule has 1 saturated carbocycles. The molecule has 5 atom stereocenters. The fourth-order valence-corrected chi connectivity index (χ4v) is 6.99. The molecule has 1 fully saturated rings. The van der Waals surface area contributed by atoms with E-state index >= 15 is 0 Å². The smallest absolute Gasteiger partial charge is 0.407 e. The first-order valence-corrected chi connectivity index (χ1v) is 18.7. The Bertz CT molecular complexity index is 1740. The summed E-state index contributed by atoms with van der Waals surface area (Å²) >= 11 is 0. The molecule has 1 aliphatic carbocycles. The van der Waals surface area contributed by atoms with Crippen LogP contribution in [0.15, 0.2) is 89.9 Å². The number of hydrogen-bond donors (Lipinski definition) is 5. The Balaban J connectivity index is 1.31. The Labute approximate surface area is 312 Å². The van der Waals surface area contributed by atoms with Crippen molar-refractivity contribution >= 4 is 35.2 Å². The lowest BCUT2D eigenvalue weighted by Gasteiger charge is -2.29. The predicted octanol–water partition coefficient (Wildman–Crippen LogP) is 5.70. The number of hydrogen-bond acceptors (Lipinski definition) is 7. The minimum atomic E-state index is -1.18. The minimum Gasteiger partial charge on any atom is -0.444 e. The molecule has 282 valence electrons. The van der Waals surface area contributed by atoms with Crippen LogP contribution >= 0.6 is 0 Å². The Morgan fingerprint density at radius 3 is 2.09 bits per heavy atom. The third-order valence-corrected chi connectivity index (χ3v) is 9.69. The summed E-state index contributed by atoms with van der Waals surface area (Å²) in [5.41, 5.74) is 3.34. The zero-order valence-electron chi connectivity index (χ0n) is 31.1. The van der Waals surface area contributed by atoms with Crippen LogP contribution in [0.3, 0.4) is 0 Å². The van der Waals surface area contributed by atoms with Crippen molar-refractivity contribution < 1.29 is 29.0 Å². The van der Waals surface area contributed by atoms with Crippen LogP contribution in [0.5, 0.6) is 0 Å². The highest BCUT2D eigenvalue weighted by atomic mass is 16.6. The van der Waals surface area contributed by atoms with Gasteiger partial charge in [0.25, 0.3) is 5.91 Å². The van der Waals surface area contributed by atoms with E-state index < -0.39 is 59.7 Å². The number of nitrogens with one attached hydrogen (secondary N) is 4. The quantitative estimate of drug-likeness (QED) is 0.152. The molecule has 0 saturated heterocycles. The van der Waals surface area contributed by atoms with Gasteiger partial charge in [0.15, 0.2) is 0 Å². The highest BCUT2D eigenvalue weighted by molar-refractivity contribution is 6.13. The van der Waals surface area contributed by atoms with E-state index in [1.807, 2.05) is 84.9 Å². The van der Waals surface area contributed by atoms with Gasteiger partial charge in [0.1, 0.15) is 11.6 Å². The predicted molar refractivity (Wildman–Crippen MR) is 205 cm³/mol. The lowest BCUT2D eigenvalue weighted by atomic mass is 9.83. The molecule has 3 aromatic carbocycles. The minimum absolute atomic E-state index is 0.0132. The normalized spacial score (nSPS) is 18.5. The second kappa shape index (κ2) is 18.1. The van der Waals surface area contributed by atoms with E-state index in [0.29, 0.717) is 12.1 Å². The van der Waals surface area contributed by atoms with Crippen molar-refractivity contribution in [1.29, 1.82) is 0 Å². The van der Waals surface area contributed by atoms with Gasteiger partial charge in [-0.25, -0.2) is 4.79 Å². The summed E-state index contributed by atoms with van der Waals surface area (Å²) in [4.78, 5) is 58.7. The zero-order valence-corrected chi connectivity index (χ0v) is 31.1. The number of carbonyl (C=O) groups excluding carboxylic acids is 4. The monoisotopic (exact) mass is 723 g/mol. The third kappa shape index (κ3) is 11.5. The third-order valence-electron chi connectivity index (χ3n) is 9.69. The van der Waals surface area contributed by atoms with Crippen LogP contribution in [0.2, 0.25) is 0 Å². The number of carbonyl (C=O) groups is 4. The highest BCUT2D eigenvalue weighted by Crippen LogP contribution is 2.32. The van der Waals surface area contributed by atoms with Gasteiger partial charge in [-0.15, -0.1) is 0 Å². The Kier molecular flexibility index (Phi) is 13.4. The SMILES string of the molecule is C[C@H](NC(=O)[C@H](Cc1ccccc1)C[C@@H](O)[C@H](Cc1ccccc1)NC(=O)OC(C)(C)C)C(=O)N[C@@H]1N=C(C2CCCCC2)c2ccccc2NC1=O. The number of alkyl carbamates (subject to hydrolysis) is 1. The lowest BCUT2D eigenvalue weighted by Crippen LogP contribution is -2.52. The molecule has 5 rings (SSSR count). The largest absolute Gasteiger partial charge is 0.444 e. The molecule has 0 unspecified atom stereocenters. The number of anilines is 1. The second-order valence-electron chi connectivity index (χ2n) is 15.2. The summed E-state index contributed by atoms with van der Waals surface area (Å²) < 4.78 is 5.50. The van der Waals surface area contributed by atoms with Gasteiger partial charge in [-0.1, -0.05) is 98.1 Å². The number of nitrogens with zero attached hydrogens (tertiary/aromatic N) is 1. The molecule has 4 amide bonds. The van der Waals surface area contributed by atoms with Crippen LogP contribution in [0.25, 0.3) is 0 Å². The van der Waals surface area contributed by atoms with E-state index in [0.717, 1.165) is 54.5 Å². The summed E-state index contributed by atoms with van der Waals surface area (Å²) in [5, 5.41) is 23.0. The number of ether oxygens (including phenoxy) is 1. The van der Waals surface area contributed by atoms with Gasteiger partial charge in [0.2, 0.25) is 18.0 Å². The first-order valence-electron chi connectivity index (χ1n) is 18.7. The number of fused-ring (bicyclic) bond motifs is 1. The number of rotatable bonds is 13. The highest BCUT2D eigenvalue weighted by Gasteiger charge is 2.34. The Morgan fingerprint density at radius 2 is 1.45 bits per heavy atom. The van der Waals surface area contributed by atoms with Crippen LogP contribution < -0.4 is 21.3 Å². The van der Waals surface area contributed by atoms with Crippen LogP contribution in [0.4, 0.5) is 10.5 Å². The summed E-state index contributed by atoms with van der Waals surface area (Å²) in [7, 11) is 0. The summed E-state index contributed by atoms with van der Waals surface area (Å²) in [6.45, 7) is 6.84. The summed E-state index contributed by atoms with van der Waals surface area (Å²) in [6, 6.07) is 24.6. The molecule has 0 radical (unpaired) electrons. The number of para-hydroxylation sites is 1. The van der Waals surface area contributed by atoms with E-state index in [-0.39, 0.29) is 18.8 Å². The molecule has 53 heavy (non-hydrogen) atoms. The van der Waals surface area contributed by atoms with E-state index in [9.17, 15) is 24.3 Å². The van der Waals surface area contributed by atoms with Gasteiger partial charge in [-0.3, -0.25) is 19.4 Å². The molecule has 5 N–H and O–H groups in total. The Hall–Kier alpha value is -5.03. The van der Waals surface area contributed by atoms with Gasteiger partial charge in [0, 0.05) is 23.1 Å².